The largest absolute Gasteiger partial charge is 0.382 e. The van der Waals surface area contributed by atoms with Crippen molar-refractivity contribution in [2.75, 3.05) is 19.8 Å². The van der Waals surface area contributed by atoms with Crippen LogP contribution in [0.15, 0.2) is 12.7 Å². The molecule has 0 amide bonds. The highest BCUT2D eigenvalue weighted by molar-refractivity contribution is 4.71. The van der Waals surface area contributed by atoms with Crippen LogP contribution in [0.3, 0.4) is 0 Å². The number of ether oxygens (including phenoxy) is 1. The fourth-order valence-corrected chi connectivity index (χ4v) is 1.78. The van der Waals surface area contributed by atoms with Gasteiger partial charge in [-0.1, -0.05) is 13.0 Å². The summed E-state index contributed by atoms with van der Waals surface area (Å²) in [7, 11) is 0. The van der Waals surface area contributed by atoms with Gasteiger partial charge in [0, 0.05) is 19.3 Å². The first-order valence-electron chi connectivity index (χ1n) is 6.77. The zero-order valence-corrected chi connectivity index (χ0v) is 11.1. The van der Waals surface area contributed by atoms with E-state index in [0.717, 1.165) is 26.2 Å². The van der Waals surface area contributed by atoms with Crippen molar-refractivity contribution in [3.63, 3.8) is 0 Å². The van der Waals surface area contributed by atoms with Crippen LogP contribution in [0, 0.1) is 0 Å². The van der Waals surface area contributed by atoms with Crippen molar-refractivity contribution in [2.24, 2.45) is 0 Å². The lowest BCUT2D eigenvalue weighted by atomic mass is 10.0. The fraction of sp³-hybridized carbons (Fsp3) is 0.857. The summed E-state index contributed by atoms with van der Waals surface area (Å²) in [5, 5.41) is 3.62. The molecule has 0 aliphatic heterocycles. The van der Waals surface area contributed by atoms with E-state index in [4.69, 9.17) is 4.74 Å². The van der Waals surface area contributed by atoms with Crippen molar-refractivity contribution in [1.82, 2.24) is 5.32 Å². The van der Waals surface area contributed by atoms with Crippen LogP contribution in [0.1, 0.15) is 52.4 Å². The molecule has 1 atom stereocenters. The van der Waals surface area contributed by atoms with Crippen LogP contribution in [0.5, 0.6) is 0 Å². The number of hydrogen-bond donors (Lipinski definition) is 1. The normalized spacial score (nSPS) is 12.6. The highest BCUT2D eigenvalue weighted by Crippen LogP contribution is 2.08. The lowest BCUT2D eigenvalue weighted by Gasteiger charge is -2.18. The van der Waals surface area contributed by atoms with Gasteiger partial charge in [0.15, 0.2) is 0 Å². The molecule has 1 N–H and O–H groups in total. The van der Waals surface area contributed by atoms with E-state index in [1.165, 1.54) is 32.1 Å². The molecule has 2 nitrogen and oxygen atoms in total. The molecule has 0 heterocycles. The molecule has 0 saturated carbocycles. The Kier molecular flexibility index (Phi) is 12.5. The molecule has 0 aromatic heterocycles. The van der Waals surface area contributed by atoms with E-state index in [-0.39, 0.29) is 0 Å². The zero-order chi connectivity index (χ0) is 12.1. The molecule has 96 valence electrons. The Morgan fingerprint density at radius 3 is 2.62 bits per heavy atom. The minimum Gasteiger partial charge on any atom is -0.382 e. The summed E-state index contributed by atoms with van der Waals surface area (Å²) in [4.78, 5) is 0. The molecule has 0 bridgehead atoms. The molecule has 0 aromatic rings. The summed E-state index contributed by atoms with van der Waals surface area (Å²) in [6, 6.07) is 0.667. The van der Waals surface area contributed by atoms with Crippen molar-refractivity contribution in [1.29, 1.82) is 0 Å². The van der Waals surface area contributed by atoms with Crippen LogP contribution in [0.2, 0.25) is 0 Å². The summed E-state index contributed by atoms with van der Waals surface area (Å²) in [5.74, 6) is 0. The zero-order valence-electron chi connectivity index (χ0n) is 11.1. The number of hydrogen-bond acceptors (Lipinski definition) is 2. The highest BCUT2D eigenvalue weighted by atomic mass is 16.5. The van der Waals surface area contributed by atoms with Gasteiger partial charge in [0.25, 0.3) is 0 Å². The van der Waals surface area contributed by atoms with Gasteiger partial charge in [0.1, 0.15) is 0 Å². The standard InChI is InChI=1S/C14H29NO/c1-4-7-8-10-14(15-12-5-2)11-9-13-16-6-3/h4,14-15H,1,5-13H2,2-3H3. The molecule has 1 unspecified atom stereocenters. The van der Waals surface area contributed by atoms with Gasteiger partial charge in [-0.15, -0.1) is 6.58 Å². The fourth-order valence-electron chi connectivity index (χ4n) is 1.78. The molecular formula is C14H29NO. The van der Waals surface area contributed by atoms with Crippen molar-refractivity contribution in [2.45, 2.75) is 58.4 Å². The first kappa shape index (κ1) is 15.7. The summed E-state index contributed by atoms with van der Waals surface area (Å²) in [5.41, 5.74) is 0. The van der Waals surface area contributed by atoms with Crippen molar-refractivity contribution >= 4 is 0 Å². The van der Waals surface area contributed by atoms with E-state index >= 15 is 0 Å². The second kappa shape index (κ2) is 12.7. The average molecular weight is 227 g/mol. The van der Waals surface area contributed by atoms with Crippen LogP contribution in [-0.4, -0.2) is 25.8 Å². The van der Waals surface area contributed by atoms with Crippen LogP contribution in [0.25, 0.3) is 0 Å². The quantitative estimate of drug-likeness (QED) is 0.407. The Bertz CT molecular complexity index is 148. The second-order valence-corrected chi connectivity index (χ2v) is 4.21. The van der Waals surface area contributed by atoms with Gasteiger partial charge in [0.05, 0.1) is 0 Å². The van der Waals surface area contributed by atoms with Crippen LogP contribution >= 0.6 is 0 Å². The molecular weight excluding hydrogens is 198 g/mol. The first-order chi connectivity index (χ1) is 7.85. The topological polar surface area (TPSA) is 21.3 Å². The predicted molar refractivity (Wildman–Crippen MR) is 71.9 cm³/mol. The summed E-state index contributed by atoms with van der Waals surface area (Å²) in [6.45, 7) is 10.9. The van der Waals surface area contributed by atoms with Gasteiger partial charge in [-0.2, -0.15) is 0 Å². The van der Waals surface area contributed by atoms with Gasteiger partial charge in [-0.3, -0.25) is 0 Å². The van der Waals surface area contributed by atoms with Crippen LogP contribution in [0.4, 0.5) is 0 Å². The monoisotopic (exact) mass is 227 g/mol. The van der Waals surface area contributed by atoms with Gasteiger partial charge < -0.3 is 10.1 Å². The molecule has 0 aliphatic carbocycles. The Hall–Kier alpha value is -0.340. The Morgan fingerprint density at radius 2 is 2.00 bits per heavy atom. The van der Waals surface area contributed by atoms with E-state index in [9.17, 15) is 0 Å². The van der Waals surface area contributed by atoms with Crippen LogP contribution in [-0.2, 0) is 4.74 Å². The van der Waals surface area contributed by atoms with Gasteiger partial charge in [-0.05, 0) is 52.0 Å². The molecule has 0 rings (SSSR count). The summed E-state index contributed by atoms with van der Waals surface area (Å²) >= 11 is 0. The van der Waals surface area contributed by atoms with E-state index in [2.05, 4.69) is 25.7 Å². The summed E-state index contributed by atoms with van der Waals surface area (Å²) < 4.78 is 5.37. The molecule has 0 aromatic carbocycles. The smallest absolute Gasteiger partial charge is 0.0466 e. The van der Waals surface area contributed by atoms with E-state index in [0.29, 0.717) is 6.04 Å². The maximum absolute atomic E-state index is 5.37. The molecule has 2 heteroatoms. The average Bonchev–Trinajstić information content (AvgIpc) is 2.31. The van der Waals surface area contributed by atoms with Gasteiger partial charge in [-0.25, -0.2) is 0 Å². The Labute approximate surface area is 101 Å². The Morgan fingerprint density at radius 1 is 1.25 bits per heavy atom. The third kappa shape index (κ3) is 10.2. The maximum atomic E-state index is 5.37. The molecule has 0 fully saturated rings. The molecule has 0 spiro atoms. The number of rotatable bonds is 12. The first-order valence-corrected chi connectivity index (χ1v) is 6.77. The van der Waals surface area contributed by atoms with E-state index < -0.39 is 0 Å². The van der Waals surface area contributed by atoms with E-state index in [1.54, 1.807) is 0 Å². The third-order valence-corrected chi connectivity index (χ3v) is 2.69. The van der Waals surface area contributed by atoms with Crippen molar-refractivity contribution < 1.29 is 4.74 Å². The van der Waals surface area contributed by atoms with Gasteiger partial charge >= 0.3 is 0 Å². The van der Waals surface area contributed by atoms with E-state index in [1.807, 2.05) is 6.08 Å². The predicted octanol–water partition coefficient (Wildman–Crippen LogP) is 3.53. The number of allylic oxidation sites excluding steroid dienone is 1. The number of nitrogens with one attached hydrogen (secondary N) is 1. The van der Waals surface area contributed by atoms with Gasteiger partial charge in [0.2, 0.25) is 0 Å². The molecule has 16 heavy (non-hydrogen) atoms. The molecule has 0 saturated heterocycles. The van der Waals surface area contributed by atoms with Crippen molar-refractivity contribution in [3.05, 3.63) is 12.7 Å². The lowest BCUT2D eigenvalue weighted by molar-refractivity contribution is 0.140. The van der Waals surface area contributed by atoms with Crippen LogP contribution < -0.4 is 5.32 Å². The molecule has 0 aliphatic rings. The minimum atomic E-state index is 0.667. The highest BCUT2D eigenvalue weighted by Gasteiger charge is 2.06. The third-order valence-electron chi connectivity index (χ3n) is 2.69. The lowest BCUT2D eigenvalue weighted by Crippen LogP contribution is -2.30. The SMILES string of the molecule is C=CCCCC(CCCOCC)NCCC. The summed E-state index contributed by atoms with van der Waals surface area (Å²) in [6.07, 6.45) is 9.27. The molecule has 0 radical (unpaired) electrons. The Balaban J connectivity index is 3.58. The maximum Gasteiger partial charge on any atom is 0.0466 e. The second-order valence-electron chi connectivity index (χ2n) is 4.21. The minimum absolute atomic E-state index is 0.667. The number of unbranched alkanes of at least 4 members (excludes halogenated alkanes) is 1. The van der Waals surface area contributed by atoms with Crippen molar-refractivity contribution in [3.8, 4) is 0 Å².